The summed E-state index contributed by atoms with van der Waals surface area (Å²) in [5.74, 6) is -2.66. The normalized spacial score (nSPS) is 17.2. The van der Waals surface area contributed by atoms with E-state index in [1.165, 1.54) is 29.2 Å². The number of aromatic amines is 1. The van der Waals surface area contributed by atoms with Crippen molar-refractivity contribution in [2.24, 2.45) is 0 Å². The second-order valence-electron chi connectivity index (χ2n) is 8.84. The van der Waals surface area contributed by atoms with Crippen LogP contribution in [-0.4, -0.2) is 76.3 Å². The third-order valence-electron chi connectivity index (χ3n) is 6.12. The van der Waals surface area contributed by atoms with Gasteiger partial charge in [0.2, 0.25) is 0 Å². The fraction of sp³-hybridized carbons (Fsp3) is 0.400. The number of non-ortho nitro benzene ring substituents is 1. The molecule has 11 nitrogen and oxygen atoms in total. The van der Waals surface area contributed by atoms with Gasteiger partial charge in [0, 0.05) is 29.9 Å². The van der Waals surface area contributed by atoms with Gasteiger partial charge in [-0.25, -0.2) is 4.79 Å². The molecule has 0 unspecified atom stereocenters. The van der Waals surface area contributed by atoms with Gasteiger partial charge < -0.3 is 24.6 Å². The average molecular weight is 499 g/mol. The van der Waals surface area contributed by atoms with Crippen LogP contribution in [0.1, 0.15) is 52.3 Å². The number of aromatic nitrogens is 1. The number of nitrogens with one attached hydrogen (secondary N) is 1. The van der Waals surface area contributed by atoms with E-state index >= 15 is 0 Å². The lowest BCUT2D eigenvalue weighted by Gasteiger charge is -2.26. The molecule has 1 saturated heterocycles. The van der Waals surface area contributed by atoms with Crippen LogP contribution < -0.4 is 0 Å². The van der Waals surface area contributed by atoms with Gasteiger partial charge in [0.1, 0.15) is 11.5 Å². The van der Waals surface area contributed by atoms with Crippen LogP contribution in [0.2, 0.25) is 0 Å². The van der Waals surface area contributed by atoms with Gasteiger partial charge in [0.15, 0.2) is 0 Å². The molecule has 1 aliphatic heterocycles. The number of nitro groups is 1. The van der Waals surface area contributed by atoms with Crippen molar-refractivity contribution in [3.63, 3.8) is 0 Å². The lowest BCUT2D eigenvalue weighted by molar-refractivity contribution is -0.384. The SMILES string of the molecule is CCOC(=O)c1[nH]c(C)c(/C(O)=C2\C(=O)C(=O)N(CCCN(C)C)[C@H]2c2ccc([N+](=O)[O-])cc2)c1C. The Bertz CT molecular complexity index is 1230. The lowest BCUT2D eigenvalue weighted by Crippen LogP contribution is -2.32. The topological polar surface area (TPSA) is 146 Å². The number of Topliss-reactive ketones (excluding diaryl/α,β-unsaturated/α-hetero) is 1. The van der Waals surface area contributed by atoms with Crippen molar-refractivity contribution >= 4 is 29.1 Å². The number of hydrogen-bond donors (Lipinski definition) is 2. The van der Waals surface area contributed by atoms with Gasteiger partial charge in [-0.05, 0) is 71.1 Å². The zero-order chi connectivity index (χ0) is 26.7. The van der Waals surface area contributed by atoms with Crippen LogP contribution in [0.25, 0.3) is 5.76 Å². The van der Waals surface area contributed by atoms with E-state index in [1.54, 1.807) is 20.8 Å². The summed E-state index contributed by atoms with van der Waals surface area (Å²) in [6.07, 6.45) is 0.568. The molecule has 0 saturated carbocycles. The van der Waals surface area contributed by atoms with Crippen molar-refractivity contribution in [2.45, 2.75) is 33.2 Å². The number of ether oxygens (including phenoxy) is 1. The van der Waals surface area contributed by atoms with Gasteiger partial charge in [0.05, 0.1) is 23.1 Å². The van der Waals surface area contributed by atoms with Crippen LogP contribution in [0.15, 0.2) is 29.8 Å². The van der Waals surface area contributed by atoms with E-state index in [0.717, 1.165) is 0 Å². The molecule has 1 atom stereocenters. The second kappa shape index (κ2) is 10.7. The molecule has 0 spiro atoms. The van der Waals surface area contributed by atoms with Crippen LogP contribution in [0.4, 0.5) is 5.69 Å². The van der Waals surface area contributed by atoms with Crippen molar-refractivity contribution in [1.29, 1.82) is 0 Å². The number of aliphatic hydroxyl groups is 1. The Morgan fingerprint density at radius 1 is 1.22 bits per heavy atom. The lowest BCUT2D eigenvalue weighted by atomic mass is 9.94. The van der Waals surface area contributed by atoms with Gasteiger partial charge in [-0.3, -0.25) is 19.7 Å². The highest BCUT2D eigenvalue weighted by atomic mass is 16.6. The number of rotatable bonds is 9. The number of amides is 1. The number of carbonyl (C=O) groups excluding carboxylic acids is 3. The first-order chi connectivity index (χ1) is 17.0. The molecular formula is C25H30N4O7. The molecule has 0 bridgehead atoms. The summed E-state index contributed by atoms with van der Waals surface area (Å²) in [4.78, 5) is 55.5. The molecular weight excluding hydrogens is 468 g/mol. The monoisotopic (exact) mass is 498 g/mol. The number of H-pyrrole nitrogens is 1. The number of likely N-dealkylation sites (tertiary alicyclic amines) is 1. The Hall–Kier alpha value is -3.99. The zero-order valence-electron chi connectivity index (χ0n) is 21.0. The highest BCUT2D eigenvalue weighted by Gasteiger charge is 2.46. The van der Waals surface area contributed by atoms with Crippen molar-refractivity contribution in [2.75, 3.05) is 33.8 Å². The molecule has 3 rings (SSSR count). The van der Waals surface area contributed by atoms with Crippen LogP contribution in [0.5, 0.6) is 0 Å². The van der Waals surface area contributed by atoms with Crippen molar-refractivity contribution in [3.8, 4) is 0 Å². The molecule has 1 amide bonds. The first-order valence-electron chi connectivity index (χ1n) is 11.5. The van der Waals surface area contributed by atoms with Gasteiger partial charge in [0.25, 0.3) is 17.4 Å². The van der Waals surface area contributed by atoms with E-state index in [2.05, 4.69) is 4.98 Å². The van der Waals surface area contributed by atoms with E-state index in [9.17, 15) is 29.6 Å². The Balaban J connectivity index is 2.17. The third kappa shape index (κ3) is 5.01. The largest absolute Gasteiger partial charge is 0.507 e. The highest BCUT2D eigenvalue weighted by Crippen LogP contribution is 2.41. The fourth-order valence-corrected chi connectivity index (χ4v) is 4.44. The van der Waals surface area contributed by atoms with E-state index in [-0.39, 0.29) is 35.7 Å². The molecule has 1 aromatic carbocycles. The van der Waals surface area contributed by atoms with Crippen molar-refractivity contribution < 1.29 is 29.2 Å². The van der Waals surface area contributed by atoms with Crippen molar-refractivity contribution in [1.82, 2.24) is 14.8 Å². The molecule has 2 aromatic rings. The van der Waals surface area contributed by atoms with Crippen LogP contribution >= 0.6 is 0 Å². The molecule has 192 valence electrons. The predicted octanol–water partition coefficient (Wildman–Crippen LogP) is 3.09. The summed E-state index contributed by atoms with van der Waals surface area (Å²) in [5.41, 5.74) is 1.35. The number of ketones is 1. The molecule has 0 radical (unpaired) electrons. The standard InChI is InChI=1S/C25H30N4O7/c1-6-36-25(33)20-14(2)18(15(3)26-20)22(30)19-21(16-8-10-17(11-9-16)29(34)35)28(24(32)23(19)31)13-7-12-27(4)5/h8-11,21,26,30H,6-7,12-13H2,1-5H3/b22-19+/t21-/m0/s1. The second-order valence-corrected chi connectivity index (χ2v) is 8.84. The number of aryl methyl sites for hydroxylation is 1. The predicted molar refractivity (Wildman–Crippen MR) is 132 cm³/mol. The Kier molecular flexibility index (Phi) is 7.93. The molecule has 2 N–H and O–H groups in total. The quantitative estimate of drug-likeness (QED) is 0.134. The zero-order valence-corrected chi connectivity index (χ0v) is 21.0. The number of esters is 1. The minimum atomic E-state index is -0.951. The molecule has 1 aliphatic rings. The van der Waals surface area contributed by atoms with Gasteiger partial charge in [-0.2, -0.15) is 0 Å². The number of aliphatic hydroxyl groups excluding tert-OH is 1. The van der Waals surface area contributed by atoms with Crippen LogP contribution in [0, 0.1) is 24.0 Å². The average Bonchev–Trinajstić information content (AvgIpc) is 3.26. The fourth-order valence-electron chi connectivity index (χ4n) is 4.44. The molecule has 0 aliphatic carbocycles. The summed E-state index contributed by atoms with van der Waals surface area (Å²) < 4.78 is 5.07. The molecule has 36 heavy (non-hydrogen) atoms. The van der Waals surface area contributed by atoms with E-state index in [4.69, 9.17) is 4.74 Å². The number of nitrogens with zero attached hydrogens (tertiary/aromatic N) is 3. The Morgan fingerprint density at radius 2 is 1.86 bits per heavy atom. The van der Waals surface area contributed by atoms with E-state index in [0.29, 0.717) is 29.8 Å². The minimum Gasteiger partial charge on any atom is -0.507 e. The number of benzene rings is 1. The van der Waals surface area contributed by atoms with Crippen LogP contribution in [-0.2, 0) is 14.3 Å². The maximum atomic E-state index is 13.2. The van der Waals surface area contributed by atoms with E-state index < -0.39 is 34.4 Å². The summed E-state index contributed by atoms with van der Waals surface area (Å²) in [7, 11) is 3.78. The molecule has 2 heterocycles. The number of hydrogen-bond acceptors (Lipinski definition) is 8. The summed E-state index contributed by atoms with van der Waals surface area (Å²) in [5, 5.41) is 22.5. The Labute approximate surface area is 208 Å². The summed E-state index contributed by atoms with van der Waals surface area (Å²) in [6.45, 7) is 5.98. The maximum absolute atomic E-state index is 13.2. The molecule has 1 fully saturated rings. The van der Waals surface area contributed by atoms with Crippen LogP contribution in [0.3, 0.4) is 0 Å². The minimum absolute atomic E-state index is 0.139. The molecule has 11 heteroatoms. The Morgan fingerprint density at radius 3 is 2.42 bits per heavy atom. The highest BCUT2D eigenvalue weighted by molar-refractivity contribution is 6.46. The smallest absolute Gasteiger partial charge is 0.355 e. The van der Waals surface area contributed by atoms with Gasteiger partial charge in [-0.15, -0.1) is 0 Å². The van der Waals surface area contributed by atoms with Gasteiger partial charge in [-0.1, -0.05) is 0 Å². The third-order valence-corrected chi connectivity index (χ3v) is 6.12. The first kappa shape index (κ1) is 26.6. The van der Waals surface area contributed by atoms with Gasteiger partial charge >= 0.3 is 5.97 Å². The summed E-state index contributed by atoms with van der Waals surface area (Å²) >= 11 is 0. The van der Waals surface area contributed by atoms with Crippen molar-refractivity contribution in [3.05, 3.63) is 68.0 Å². The number of carbonyl (C=O) groups is 3. The number of nitro benzene ring substituents is 1. The first-order valence-corrected chi connectivity index (χ1v) is 11.5. The maximum Gasteiger partial charge on any atom is 0.355 e. The molecule has 1 aromatic heterocycles. The van der Waals surface area contributed by atoms with E-state index in [1.807, 2.05) is 19.0 Å². The summed E-state index contributed by atoms with van der Waals surface area (Å²) in [6, 6.07) is 4.58.